The summed E-state index contributed by atoms with van der Waals surface area (Å²) in [4.78, 5) is 13.6. The lowest BCUT2D eigenvalue weighted by Crippen LogP contribution is -2.20. The average molecular weight is 495 g/mol. The second kappa shape index (κ2) is 10.2. The van der Waals surface area contributed by atoms with Gasteiger partial charge in [-0.2, -0.15) is 4.80 Å². The number of nitrogens with one attached hydrogen (secondary N) is 2. The maximum atomic E-state index is 12.9. The summed E-state index contributed by atoms with van der Waals surface area (Å²) in [5, 5.41) is 14.9. The van der Waals surface area contributed by atoms with Gasteiger partial charge in [0.25, 0.3) is 10.0 Å². The van der Waals surface area contributed by atoms with E-state index in [1.165, 1.54) is 26.4 Å². The lowest BCUT2D eigenvalue weighted by atomic mass is 10.2. The van der Waals surface area contributed by atoms with E-state index in [4.69, 9.17) is 9.47 Å². The molecule has 0 bridgehead atoms. The zero-order chi connectivity index (χ0) is 24.8. The molecule has 2 N–H and O–H groups in total. The second-order valence-electron chi connectivity index (χ2n) is 7.22. The van der Waals surface area contributed by atoms with E-state index in [0.29, 0.717) is 22.7 Å². The number of methoxy groups -OCH3 is 2. The van der Waals surface area contributed by atoms with Gasteiger partial charge in [0.15, 0.2) is 0 Å². The lowest BCUT2D eigenvalue weighted by Gasteiger charge is -2.11. The molecule has 0 unspecified atom stereocenters. The topological polar surface area (TPSA) is 137 Å². The standard InChI is InChI=1S/C23H22N6O5S/c1-33-16-11-13-17(14-12-16)35(31,32)27-19-8-4-3-7-18(19)23-25-28-29(26-23)15-22(30)24-20-9-5-6-10-21(20)34-2/h3-14,27H,15H2,1-2H3,(H,24,30). The Balaban J connectivity index is 1.51. The maximum absolute atomic E-state index is 12.9. The number of nitrogens with zero attached hydrogens (tertiary/aromatic N) is 4. The first-order valence-corrected chi connectivity index (χ1v) is 11.8. The van der Waals surface area contributed by atoms with Crippen molar-refractivity contribution in [2.24, 2.45) is 0 Å². The van der Waals surface area contributed by atoms with Gasteiger partial charge < -0.3 is 14.8 Å². The Morgan fingerprint density at radius 1 is 0.914 bits per heavy atom. The number of tetrazole rings is 1. The van der Waals surface area contributed by atoms with Crippen LogP contribution in [0.25, 0.3) is 11.4 Å². The molecule has 0 saturated carbocycles. The minimum Gasteiger partial charge on any atom is -0.497 e. The molecule has 0 aliphatic rings. The van der Waals surface area contributed by atoms with Gasteiger partial charge in [-0.25, -0.2) is 8.42 Å². The van der Waals surface area contributed by atoms with Gasteiger partial charge in [0.2, 0.25) is 11.7 Å². The predicted molar refractivity (Wildman–Crippen MR) is 129 cm³/mol. The lowest BCUT2D eigenvalue weighted by molar-refractivity contribution is -0.117. The van der Waals surface area contributed by atoms with Gasteiger partial charge in [-0.05, 0) is 53.7 Å². The van der Waals surface area contributed by atoms with Crippen molar-refractivity contribution in [2.45, 2.75) is 11.4 Å². The molecule has 0 aliphatic carbocycles. The largest absolute Gasteiger partial charge is 0.497 e. The highest BCUT2D eigenvalue weighted by Gasteiger charge is 2.19. The summed E-state index contributed by atoms with van der Waals surface area (Å²) in [5.41, 5.74) is 1.18. The molecule has 12 heteroatoms. The quantitative estimate of drug-likeness (QED) is 0.362. The van der Waals surface area contributed by atoms with E-state index < -0.39 is 10.0 Å². The first-order chi connectivity index (χ1) is 16.9. The average Bonchev–Trinajstić information content (AvgIpc) is 3.32. The normalized spacial score (nSPS) is 11.0. The molecule has 0 spiro atoms. The van der Waals surface area contributed by atoms with Crippen LogP contribution < -0.4 is 19.5 Å². The summed E-state index contributed by atoms with van der Waals surface area (Å²) in [6.07, 6.45) is 0. The van der Waals surface area contributed by atoms with E-state index in [1.807, 2.05) is 0 Å². The van der Waals surface area contributed by atoms with Crippen LogP contribution in [-0.4, -0.2) is 48.8 Å². The van der Waals surface area contributed by atoms with E-state index in [1.54, 1.807) is 60.7 Å². The van der Waals surface area contributed by atoms with Crippen LogP contribution in [-0.2, 0) is 21.4 Å². The van der Waals surface area contributed by atoms with Crippen LogP contribution in [0.1, 0.15) is 0 Å². The Morgan fingerprint density at radius 3 is 2.31 bits per heavy atom. The van der Waals surface area contributed by atoms with Crippen molar-refractivity contribution in [3.05, 3.63) is 72.8 Å². The van der Waals surface area contributed by atoms with Gasteiger partial charge in [-0.15, -0.1) is 10.2 Å². The zero-order valence-corrected chi connectivity index (χ0v) is 19.7. The first-order valence-electron chi connectivity index (χ1n) is 10.4. The minimum absolute atomic E-state index is 0.0673. The number of sulfonamides is 1. The Hall–Kier alpha value is -4.45. The molecule has 180 valence electrons. The van der Waals surface area contributed by atoms with E-state index in [9.17, 15) is 13.2 Å². The third kappa shape index (κ3) is 5.55. The maximum Gasteiger partial charge on any atom is 0.261 e. The van der Waals surface area contributed by atoms with E-state index in [0.717, 1.165) is 4.80 Å². The number of para-hydroxylation sites is 3. The summed E-state index contributed by atoms with van der Waals surface area (Å²) in [6.45, 7) is -0.204. The zero-order valence-electron chi connectivity index (χ0n) is 18.9. The predicted octanol–water partition coefficient (Wildman–Crippen LogP) is 2.80. The molecule has 0 aliphatic heterocycles. The van der Waals surface area contributed by atoms with Crippen molar-refractivity contribution >= 4 is 27.3 Å². The Labute approximate surface area is 201 Å². The monoisotopic (exact) mass is 494 g/mol. The fourth-order valence-corrected chi connectivity index (χ4v) is 4.29. The Bertz CT molecular complexity index is 1440. The van der Waals surface area contributed by atoms with Crippen LogP contribution in [0.15, 0.2) is 77.7 Å². The van der Waals surface area contributed by atoms with Gasteiger partial charge >= 0.3 is 0 Å². The van der Waals surface area contributed by atoms with E-state index in [-0.39, 0.29) is 28.9 Å². The molecule has 11 nitrogen and oxygen atoms in total. The third-order valence-corrected chi connectivity index (χ3v) is 6.28. The van der Waals surface area contributed by atoms with Crippen LogP contribution in [0.2, 0.25) is 0 Å². The van der Waals surface area contributed by atoms with Crippen LogP contribution in [0.4, 0.5) is 11.4 Å². The summed E-state index contributed by atoms with van der Waals surface area (Å²) < 4.78 is 38.6. The molecule has 4 aromatic rings. The Kier molecular flexibility index (Phi) is 6.92. The Morgan fingerprint density at radius 2 is 1.60 bits per heavy atom. The van der Waals surface area contributed by atoms with Crippen molar-refractivity contribution < 1.29 is 22.7 Å². The number of carbonyl (C=O) groups is 1. The third-order valence-electron chi connectivity index (χ3n) is 4.90. The molecule has 1 amide bonds. The SMILES string of the molecule is COc1ccc(S(=O)(=O)Nc2ccccc2-c2nnn(CC(=O)Nc3ccccc3OC)n2)cc1. The number of hydrogen-bond donors (Lipinski definition) is 2. The van der Waals surface area contributed by atoms with Crippen molar-refractivity contribution in [3.63, 3.8) is 0 Å². The number of anilines is 2. The van der Waals surface area contributed by atoms with E-state index >= 15 is 0 Å². The minimum atomic E-state index is -3.89. The molecule has 0 atom stereocenters. The van der Waals surface area contributed by atoms with Crippen LogP contribution in [0, 0.1) is 0 Å². The smallest absolute Gasteiger partial charge is 0.261 e. The molecular weight excluding hydrogens is 472 g/mol. The highest BCUT2D eigenvalue weighted by molar-refractivity contribution is 7.92. The highest BCUT2D eigenvalue weighted by atomic mass is 32.2. The second-order valence-corrected chi connectivity index (χ2v) is 8.90. The van der Waals surface area contributed by atoms with Gasteiger partial charge in [0.1, 0.15) is 18.0 Å². The van der Waals surface area contributed by atoms with Gasteiger partial charge in [-0.3, -0.25) is 9.52 Å². The van der Waals surface area contributed by atoms with Crippen LogP contribution >= 0.6 is 0 Å². The molecule has 1 aromatic heterocycles. The number of hydrogen-bond acceptors (Lipinski definition) is 8. The number of carbonyl (C=O) groups excluding carboxylic acids is 1. The summed E-state index contributed by atoms with van der Waals surface area (Å²) >= 11 is 0. The number of amides is 1. The van der Waals surface area contributed by atoms with Crippen LogP contribution in [0.5, 0.6) is 11.5 Å². The van der Waals surface area contributed by atoms with Crippen molar-refractivity contribution in [2.75, 3.05) is 24.3 Å². The summed E-state index contributed by atoms with van der Waals surface area (Å²) in [6, 6.07) is 19.6. The van der Waals surface area contributed by atoms with E-state index in [2.05, 4.69) is 25.4 Å². The van der Waals surface area contributed by atoms with Gasteiger partial charge in [-0.1, -0.05) is 24.3 Å². The molecule has 35 heavy (non-hydrogen) atoms. The fourth-order valence-electron chi connectivity index (χ4n) is 3.21. The summed E-state index contributed by atoms with van der Waals surface area (Å²) in [5.74, 6) is 0.834. The highest BCUT2D eigenvalue weighted by Crippen LogP contribution is 2.27. The van der Waals surface area contributed by atoms with Gasteiger partial charge in [0.05, 0.1) is 30.5 Å². The molecule has 1 heterocycles. The first kappa shape index (κ1) is 23.7. The molecule has 3 aromatic carbocycles. The number of ether oxygens (including phenoxy) is 2. The molecule has 0 radical (unpaired) electrons. The molecule has 0 saturated heterocycles. The number of benzene rings is 3. The van der Waals surface area contributed by atoms with Gasteiger partial charge in [0, 0.05) is 5.56 Å². The van der Waals surface area contributed by atoms with Crippen LogP contribution in [0.3, 0.4) is 0 Å². The number of aromatic nitrogens is 4. The fraction of sp³-hybridized carbons (Fsp3) is 0.130. The molecule has 0 fully saturated rings. The van der Waals surface area contributed by atoms with Crippen molar-refractivity contribution in [1.82, 2.24) is 20.2 Å². The molecule has 4 rings (SSSR count). The number of rotatable bonds is 9. The molecular formula is C23H22N6O5S. The van der Waals surface area contributed by atoms with Crippen molar-refractivity contribution in [1.29, 1.82) is 0 Å². The summed E-state index contributed by atoms with van der Waals surface area (Å²) in [7, 11) is -0.876. The van der Waals surface area contributed by atoms with Crippen molar-refractivity contribution in [3.8, 4) is 22.9 Å².